The molecule has 0 aliphatic rings. The molecule has 0 atom stereocenters. The van der Waals surface area contributed by atoms with Crippen molar-refractivity contribution in [3.05, 3.63) is 58.6 Å². The Morgan fingerprint density at radius 1 is 1.33 bits per heavy atom. The van der Waals surface area contributed by atoms with Gasteiger partial charge < -0.3 is 5.32 Å². The number of aromatic nitrogens is 2. The minimum Gasteiger partial charge on any atom is -0.348 e. The molecule has 18 heavy (non-hydrogen) atoms. The standard InChI is InChI=1S/C13H12ClN3O/c1-9-2-3-10(6-16-9)7-17-13(18)11-8-15-5-4-12(11)14/h2-6,8H,7H2,1H3,(H,17,18). The Morgan fingerprint density at radius 3 is 2.83 bits per heavy atom. The summed E-state index contributed by atoms with van der Waals surface area (Å²) in [6.07, 6.45) is 4.73. The fraction of sp³-hybridized carbons (Fsp3) is 0.154. The van der Waals surface area contributed by atoms with E-state index in [0.29, 0.717) is 17.1 Å². The van der Waals surface area contributed by atoms with Gasteiger partial charge in [0, 0.05) is 30.8 Å². The number of pyridine rings is 2. The van der Waals surface area contributed by atoms with Crippen molar-refractivity contribution in [2.24, 2.45) is 0 Å². The molecule has 0 aliphatic carbocycles. The Kier molecular flexibility index (Phi) is 3.89. The molecule has 0 saturated heterocycles. The van der Waals surface area contributed by atoms with Crippen LogP contribution in [0, 0.1) is 6.92 Å². The first-order chi connectivity index (χ1) is 8.66. The fourth-order valence-electron chi connectivity index (χ4n) is 1.43. The lowest BCUT2D eigenvalue weighted by Gasteiger charge is -2.06. The molecule has 0 aliphatic heterocycles. The van der Waals surface area contributed by atoms with Crippen molar-refractivity contribution in [1.29, 1.82) is 0 Å². The zero-order chi connectivity index (χ0) is 13.0. The van der Waals surface area contributed by atoms with Crippen molar-refractivity contribution in [3.63, 3.8) is 0 Å². The number of hydrogen-bond acceptors (Lipinski definition) is 3. The molecule has 5 heteroatoms. The lowest BCUT2D eigenvalue weighted by atomic mass is 10.2. The smallest absolute Gasteiger partial charge is 0.254 e. The molecule has 0 radical (unpaired) electrons. The van der Waals surface area contributed by atoms with Crippen molar-refractivity contribution in [2.45, 2.75) is 13.5 Å². The second-order valence-electron chi connectivity index (χ2n) is 3.85. The molecule has 4 nitrogen and oxygen atoms in total. The van der Waals surface area contributed by atoms with Crippen LogP contribution < -0.4 is 5.32 Å². The number of amides is 1. The first-order valence-corrected chi connectivity index (χ1v) is 5.84. The number of aryl methyl sites for hydroxylation is 1. The van der Waals surface area contributed by atoms with E-state index in [2.05, 4.69) is 15.3 Å². The van der Waals surface area contributed by atoms with Crippen LogP contribution in [0.25, 0.3) is 0 Å². The van der Waals surface area contributed by atoms with Gasteiger partial charge in [-0.2, -0.15) is 0 Å². The van der Waals surface area contributed by atoms with Gasteiger partial charge in [0.05, 0.1) is 10.6 Å². The van der Waals surface area contributed by atoms with Gasteiger partial charge in [0.15, 0.2) is 0 Å². The summed E-state index contributed by atoms with van der Waals surface area (Å²) in [4.78, 5) is 19.9. The van der Waals surface area contributed by atoms with Gasteiger partial charge in [-0.05, 0) is 24.6 Å². The maximum atomic E-state index is 11.8. The number of nitrogens with zero attached hydrogens (tertiary/aromatic N) is 2. The zero-order valence-corrected chi connectivity index (χ0v) is 10.6. The normalized spacial score (nSPS) is 10.1. The van der Waals surface area contributed by atoms with Crippen LogP contribution in [0.3, 0.4) is 0 Å². The molecule has 0 spiro atoms. The van der Waals surface area contributed by atoms with E-state index in [-0.39, 0.29) is 5.91 Å². The summed E-state index contributed by atoms with van der Waals surface area (Å²) in [5.74, 6) is -0.242. The third-order valence-electron chi connectivity index (χ3n) is 2.44. The molecule has 2 rings (SSSR count). The third-order valence-corrected chi connectivity index (χ3v) is 2.77. The van der Waals surface area contributed by atoms with Gasteiger partial charge >= 0.3 is 0 Å². The lowest BCUT2D eigenvalue weighted by molar-refractivity contribution is 0.0950. The molecule has 2 aromatic rings. The number of hydrogen-bond donors (Lipinski definition) is 1. The number of nitrogens with one attached hydrogen (secondary N) is 1. The van der Waals surface area contributed by atoms with E-state index in [0.717, 1.165) is 11.3 Å². The summed E-state index contributed by atoms with van der Waals surface area (Å²) in [5, 5.41) is 3.17. The highest BCUT2D eigenvalue weighted by Crippen LogP contribution is 2.13. The largest absolute Gasteiger partial charge is 0.348 e. The van der Waals surface area contributed by atoms with Crippen molar-refractivity contribution >= 4 is 17.5 Å². The monoisotopic (exact) mass is 261 g/mol. The van der Waals surface area contributed by atoms with Gasteiger partial charge in [0.2, 0.25) is 0 Å². The van der Waals surface area contributed by atoms with Crippen LogP contribution in [-0.2, 0) is 6.54 Å². The molecule has 2 heterocycles. The van der Waals surface area contributed by atoms with Gasteiger partial charge in [0.25, 0.3) is 5.91 Å². The molecule has 0 saturated carbocycles. The van der Waals surface area contributed by atoms with Crippen LogP contribution >= 0.6 is 11.6 Å². The van der Waals surface area contributed by atoms with E-state index in [1.165, 1.54) is 6.20 Å². The SMILES string of the molecule is Cc1ccc(CNC(=O)c2cnccc2Cl)cn1. The van der Waals surface area contributed by atoms with E-state index in [9.17, 15) is 4.79 Å². The first-order valence-electron chi connectivity index (χ1n) is 5.46. The number of rotatable bonds is 3. The minimum atomic E-state index is -0.242. The van der Waals surface area contributed by atoms with Crippen LogP contribution in [0.4, 0.5) is 0 Å². The summed E-state index contributed by atoms with van der Waals surface area (Å²) < 4.78 is 0. The van der Waals surface area contributed by atoms with E-state index in [4.69, 9.17) is 11.6 Å². The van der Waals surface area contributed by atoms with Crippen LogP contribution in [-0.4, -0.2) is 15.9 Å². The second kappa shape index (κ2) is 5.60. The Labute approximate surface area is 110 Å². The molecule has 0 aromatic carbocycles. The summed E-state index contributed by atoms with van der Waals surface area (Å²) >= 11 is 5.91. The molecule has 1 amide bonds. The van der Waals surface area contributed by atoms with E-state index in [1.807, 2.05) is 19.1 Å². The van der Waals surface area contributed by atoms with Gasteiger partial charge in [-0.1, -0.05) is 17.7 Å². The van der Waals surface area contributed by atoms with Crippen molar-refractivity contribution in [3.8, 4) is 0 Å². The molecule has 0 unspecified atom stereocenters. The lowest BCUT2D eigenvalue weighted by Crippen LogP contribution is -2.23. The third kappa shape index (κ3) is 3.05. The van der Waals surface area contributed by atoms with Crippen molar-refractivity contribution < 1.29 is 4.79 Å². The highest BCUT2D eigenvalue weighted by atomic mass is 35.5. The Hall–Kier alpha value is -1.94. The summed E-state index contributed by atoms with van der Waals surface area (Å²) in [5.41, 5.74) is 2.26. The van der Waals surface area contributed by atoms with Crippen LogP contribution in [0.5, 0.6) is 0 Å². The molecule has 0 fully saturated rings. The molecule has 0 bridgehead atoms. The Morgan fingerprint density at radius 2 is 2.17 bits per heavy atom. The van der Waals surface area contributed by atoms with Gasteiger partial charge in [-0.25, -0.2) is 0 Å². The van der Waals surface area contributed by atoms with Crippen molar-refractivity contribution in [1.82, 2.24) is 15.3 Å². The number of halogens is 1. The highest BCUT2D eigenvalue weighted by Gasteiger charge is 2.09. The zero-order valence-electron chi connectivity index (χ0n) is 9.85. The van der Waals surface area contributed by atoms with Crippen LogP contribution in [0.1, 0.15) is 21.6 Å². The van der Waals surface area contributed by atoms with E-state index in [1.54, 1.807) is 18.5 Å². The van der Waals surface area contributed by atoms with E-state index >= 15 is 0 Å². The van der Waals surface area contributed by atoms with Crippen LogP contribution in [0.15, 0.2) is 36.8 Å². The molecular formula is C13H12ClN3O. The highest BCUT2D eigenvalue weighted by molar-refractivity contribution is 6.33. The van der Waals surface area contributed by atoms with Crippen molar-refractivity contribution in [2.75, 3.05) is 0 Å². The van der Waals surface area contributed by atoms with Gasteiger partial charge in [-0.3, -0.25) is 14.8 Å². The summed E-state index contributed by atoms with van der Waals surface area (Å²) in [7, 11) is 0. The first kappa shape index (κ1) is 12.5. The van der Waals surface area contributed by atoms with Gasteiger partial charge in [0.1, 0.15) is 0 Å². The van der Waals surface area contributed by atoms with Crippen LogP contribution in [0.2, 0.25) is 5.02 Å². The Bertz CT molecular complexity index is 554. The molecule has 2 aromatic heterocycles. The maximum Gasteiger partial charge on any atom is 0.254 e. The maximum absolute atomic E-state index is 11.8. The molecule has 92 valence electrons. The van der Waals surface area contributed by atoms with Gasteiger partial charge in [-0.15, -0.1) is 0 Å². The summed E-state index contributed by atoms with van der Waals surface area (Å²) in [6.45, 7) is 2.33. The summed E-state index contributed by atoms with van der Waals surface area (Å²) in [6, 6.07) is 5.41. The Balaban J connectivity index is 2.01. The minimum absolute atomic E-state index is 0.242. The average molecular weight is 262 g/mol. The predicted octanol–water partition coefficient (Wildman–Crippen LogP) is 2.37. The topological polar surface area (TPSA) is 54.9 Å². The quantitative estimate of drug-likeness (QED) is 0.923. The predicted molar refractivity (Wildman–Crippen MR) is 69.4 cm³/mol. The average Bonchev–Trinajstić information content (AvgIpc) is 2.38. The number of carbonyl (C=O) groups is 1. The molecule has 1 N–H and O–H groups in total. The second-order valence-corrected chi connectivity index (χ2v) is 4.25. The number of carbonyl (C=O) groups excluding carboxylic acids is 1. The van der Waals surface area contributed by atoms with E-state index < -0.39 is 0 Å². The molecular weight excluding hydrogens is 250 g/mol. The fourth-order valence-corrected chi connectivity index (χ4v) is 1.62.